The number of aryl methyl sites for hydroxylation is 2. The van der Waals surface area contributed by atoms with E-state index in [9.17, 15) is 4.79 Å². The van der Waals surface area contributed by atoms with Gasteiger partial charge in [-0.25, -0.2) is 0 Å². The predicted molar refractivity (Wildman–Crippen MR) is 93.5 cm³/mol. The van der Waals surface area contributed by atoms with E-state index in [1.54, 1.807) is 6.92 Å². The number of halogens is 1. The minimum atomic E-state index is -0.570. The molecule has 0 fully saturated rings. The quantitative estimate of drug-likeness (QED) is 0.850. The second kappa shape index (κ2) is 6.97. The molecular weight excluding hydrogens is 342 g/mol. The van der Waals surface area contributed by atoms with Gasteiger partial charge < -0.3 is 10.1 Å². The van der Waals surface area contributed by atoms with E-state index < -0.39 is 6.10 Å². The van der Waals surface area contributed by atoms with Crippen LogP contribution < -0.4 is 10.1 Å². The molecule has 2 aromatic carbocycles. The zero-order valence-corrected chi connectivity index (χ0v) is 14.8. The Morgan fingerprint density at radius 3 is 2.59 bits per heavy atom. The van der Waals surface area contributed by atoms with E-state index in [0.717, 1.165) is 32.6 Å². The molecule has 0 aliphatic rings. The Labute approximate surface area is 139 Å². The Morgan fingerprint density at radius 1 is 1.18 bits per heavy atom. The van der Waals surface area contributed by atoms with Crippen molar-refractivity contribution in [2.24, 2.45) is 0 Å². The van der Waals surface area contributed by atoms with Gasteiger partial charge in [-0.15, -0.1) is 0 Å². The first kappa shape index (κ1) is 16.6. The number of amides is 1. The largest absolute Gasteiger partial charge is 0.481 e. The van der Waals surface area contributed by atoms with Crippen LogP contribution in [-0.2, 0) is 4.79 Å². The van der Waals surface area contributed by atoms with E-state index in [1.807, 2.05) is 51.1 Å². The monoisotopic (exact) mass is 361 g/mol. The van der Waals surface area contributed by atoms with E-state index in [2.05, 4.69) is 27.3 Å². The van der Waals surface area contributed by atoms with Crippen LogP contribution in [0.15, 0.2) is 40.9 Å². The lowest BCUT2D eigenvalue weighted by molar-refractivity contribution is -0.122. The minimum absolute atomic E-state index is 0.170. The van der Waals surface area contributed by atoms with Crippen LogP contribution in [0.3, 0.4) is 0 Å². The predicted octanol–water partition coefficient (Wildman–Crippen LogP) is 4.78. The Morgan fingerprint density at radius 2 is 1.91 bits per heavy atom. The molecule has 0 bridgehead atoms. The second-order valence-electron chi connectivity index (χ2n) is 5.46. The molecule has 0 unspecified atom stereocenters. The molecule has 0 aromatic heterocycles. The molecule has 0 aliphatic carbocycles. The number of hydrogen-bond acceptors (Lipinski definition) is 2. The summed E-state index contributed by atoms with van der Waals surface area (Å²) < 4.78 is 6.77. The average Bonchev–Trinajstić information content (AvgIpc) is 2.44. The summed E-state index contributed by atoms with van der Waals surface area (Å²) in [6.45, 7) is 7.82. The molecule has 0 spiro atoms. The van der Waals surface area contributed by atoms with Gasteiger partial charge in [0.05, 0.1) is 0 Å². The number of rotatable bonds is 4. The van der Waals surface area contributed by atoms with Gasteiger partial charge in [0, 0.05) is 10.2 Å². The molecule has 0 heterocycles. The highest BCUT2D eigenvalue weighted by molar-refractivity contribution is 9.10. The summed E-state index contributed by atoms with van der Waals surface area (Å²) in [6.07, 6.45) is -0.570. The minimum Gasteiger partial charge on any atom is -0.481 e. The summed E-state index contributed by atoms with van der Waals surface area (Å²) in [6, 6.07) is 11.6. The van der Waals surface area contributed by atoms with Gasteiger partial charge in [0.1, 0.15) is 5.75 Å². The molecule has 1 amide bonds. The van der Waals surface area contributed by atoms with Gasteiger partial charge in [0.25, 0.3) is 5.91 Å². The lowest BCUT2D eigenvalue weighted by Crippen LogP contribution is -2.30. The first-order chi connectivity index (χ1) is 10.4. The zero-order valence-electron chi connectivity index (χ0n) is 13.2. The van der Waals surface area contributed by atoms with Crippen LogP contribution in [-0.4, -0.2) is 12.0 Å². The molecule has 116 valence electrons. The number of benzene rings is 2. The first-order valence-electron chi connectivity index (χ1n) is 7.18. The van der Waals surface area contributed by atoms with Crippen molar-refractivity contribution in [1.82, 2.24) is 0 Å². The maximum absolute atomic E-state index is 12.3. The third-order valence-electron chi connectivity index (χ3n) is 3.53. The zero-order chi connectivity index (χ0) is 16.3. The average molecular weight is 362 g/mol. The summed E-state index contributed by atoms with van der Waals surface area (Å²) in [5.74, 6) is 0.589. The summed E-state index contributed by atoms with van der Waals surface area (Å²) in [7, 11) is 0. The van der Waals surface area contributed by atoms with E-state index in [1.165, 1.54) is 0 Å². The summed E-state index contributed by atoms with van der Waals surface area (Å²) in [5.41, 5.74) is 4.09. The number of hydrogen-bond donors (Lipinski definition) is 1. The number of carbonyl (C=O) groups excluding carboxylic acids is 1. The van der Waals surface area contributed by atoms with E-state index in [4.69, 9.17) is 4.74 Å². The fourth-order valence-electron chi connectivity index (χ4n) is 2.18. The second-order valence-corrected chi connectivity index (χ2v) is 6.38. The molecular formula is C18H20BrNO2. The highest BCUT2D eigenvalue weighted by atomic mass is 79.9. The Balaban J connectivity index is 2.09. The number of nitrogens with one attached hydrogen (secondary N) is 1. The molecule has 0 radical (unpaired) electrons. The van der Waals surface area contributed by atoms with Gasteiger partial charge in [-0.05, 0) is 68.7 Å². The molecule has 2 aromatic rings. The van der Waals surface area contributed by atoms with Crippen molar-refractivity contribution in [3.8, 4) is 5.75 Å². The lowest BCUT2D eigenvalue weighted by atomic mass is 10.1. The molecule has 0 saturated heterocycles. The maximum Gasteiger partial charge on any atom is 0.265 e. The van der Waals surface area contributed by atoms with Crippen LogP contribution in [0, 0.1) is 20.8 Å². The number of carbonyl (C=O) groups is 1. The van der Waals surface area contributed by atoms with Crippen LogP contribution in [0.4, 0.5) is 5.69 Å². The Bertz CT molecular complexity index is 697. The van der Waals surface area contributed by atoms with Gasteiger partial charge in [-0.2, -0.15) is 0 Å². The molecule has 22 heavy (non-hydrogen) atoms. The Hall–Kier alpha value is -1.81. The fourth-order valence-corrected chi connectivity index (χ4v) is 2.58. The van der Waals surface area contributed by atoms with Gasteiger partial charge in [0.2, 0.25) is 0 Å². The molecule has 0 saturated carbocycles. The highest BCUT2D eigenvalue weighted by Crippen LogP contribution is 2.24. The SMILES string of the molecule is Cc1cc(C)c(C)c(O[C@@H](C)C(=O)Nc2cccc(Br)c2)c1. The first-order valence-corrected chi connectivity index (χ1v) is 7.97. The van der Waals surface area contributed by atoms with Crippen LogP contribution >= 0.6 is 15.9 Å². The molecule has 0 aliphatic heterocycles. The van der Waals surface area contributed by atoms with Crippen molar-refractivity contribution in [2.45, 2.75) is 33.8 Å². The van der Waals surface area contributed by atoms with Crippen LogP contribution in [0.25, 0.3) is 0 Å². The summed E-state index contributed by atoms with van der Waals surface area (Å²) in [5, 5.41) is 2.86. The maximum atomic E-state index is 12.3. The van der Waals surface area contributed by atoms with Crippen molar-refractivity contribution in [3.63, 3.8) is 0 Å². The van der Waals surface area contributed by atoms with Crippen molar-refractivity contribution in [1.29, 1.82) is 0 Å². The smallest absolute Gasteiger partial charge is 0.265 e. The number of ether oxygens (including phenoxy) is 1. The molecule has 3 nitrogen and oxygen atoms in total. The van der Waals surface area contributed by atoms with Crippen molar-refractivity contribution in [2.75, 3.05) is 5.32 Å². The van der Waals surface area contributed by atoms with E-state index >= 15 is 0 Å². The van der Waals surface area contributed by atoms with Crippen molar-refractivity contribution < 1.29 is 9.53 Å². The molecule has 1 N–H and O–H groups in total. The Kier molecular flexibility index (Phi) is 5.24. The molecule has 4 heteroatoms. The summed E-state index contributed by atoms with van der Waals surface area (Å²) in [4.78, 5) is 12.3. The summed E-state index contributed by atoms with van der Waals surface area (Å²) >= 11 is 3.39. The topological polar surface area (TPSA) is 38.3 Å². The third-order valence-corrected chi connectivity index (χ3v) is 4.02. The van der Waals surface area contributed by atoms with Gasteiger partial charge in [-0.1, -0.05) is 28.1 Å². The fraction of sp³-hybridized carbons (Fsp3) is 0.278. The number of anilines is 1. The van der Waals surface area contributed by atoms with Crippen molar-refractivity contribution >= 4 is 27.5 Å². The highest BCUT2D eigenvalue weighted by Gasteiger charge is 2.16. The van der Waals surface area contributed by atoms with Crippen LogP contribution in [0.2, 0.25) is 0 Å². The van der Waals surface area contributed by atoms with Gasteiger partial charge in [-0.3, -0.25) is 4.79 Å². The van der Waals surface area contributed by atoms with Gasteiger partial charge in [0.15, 0.2) is 6.10 Å². The molecule has 1 atom stereocenters. The molecule has 2 rings (SSSR count). The van der Waals surface area contributed by atoms with E-state index in [0.29, 0.717) is 0 Å². The van der Waals surface area contributed by atoms with Crippen LogP contribution in [0.5, 0.6) is 5.75 Å². The lowest BCUT2D eigenvalue weighted by Gasteiger charge is -2.18. The van der Waals surface area contributed by atoms with E-state index in [-0.39, 0.29) is 5.91 Å². The normalized spacial score (nSPS) is 11.9. The van der Waals surface area contributed by atoms with Crippen molar-refractivity contribution in [3.05, 3.63) is 57.6 Å². The van der Waals surface area contributed by atoms with Crippen LogP contribution in [0.1, 0.15) is 23.6 Å². The third kappa shape index (κ3) is 4.10. The standard InChI is InChI=1S/C18H20BrNO2/c1-11-8-12(2)13(3)17(9-11)22-14(4)18(21)20-16-7-5-6-15(19)10-16/h5-10,14H,1-4H3,(H,20,21)/t14-/m0/s1. The van der Waals surface area contributed by atoms with Gasteiger partial charge >= 0.3 is 0 Å².